The van der Waals surface area contributed by atoms with E-state index in [1.54, 1.807) is 18.0 Å². The van der Waals surface area contributed by atoms with Gasteiger partial charge >= 0.3 is 0 Å². The van der Waals surface area contributed by atoms with Gasteiger partial charge in [-0.05, 0) is 25.1 Å². The van der Waals surface area contributed by atoms with Crippen LogP contribution in [0.25, 0.3) is 0 Å². The lowest BCUT2D eigenvalue weighted by Crippen LogP contribution is -2.38. The number of hydrogen-bond donors (Lipinski definition) is 2. The van der Waals surface area contributed by atoms with E-state index < -0.39 is 5.82 Å². The summed E-state index contributed by atoms with van der Waals surface area (Å²) in [5.41, 5.74) is 0.392. The van der Waals surface area contributed by atoms with Gasteiger partial charge in [-0.3, -0.25) is 14.9 Å². The summed E-state index contributed by atoms with van der Waals surface area (Å²) in [5.74, 6) is -0.816. The maximum Gasteiger partial charge on any atom is 0.238 e. The summed E-state index contributed by atoms with van der Waals surface area (Å²) in [4.78, 5) is 24.5. The quantitative estimate of drug-likeness (QED) is 0.802. The molecule has 0 fully saturated rings. The average molecular weight is 267 g/mol. The molecule has 0 radical (unpaired) electrons. The van der Waals surface area contributed by atoms with Gasteiger partial charge in [0.15, 0.2) is 0 Å². The molecule has 0 saturated heterocycles. The van der Waals surface area contributed by atoms with E-state index in [-0.39, 0.29) is 24.9 Å². The molecule has 5 nitrogen and oxygen atoms in total. The molecule has 0 aliphatic rings. The molecule has 1 aromatic rings. The summed E-state index contributed by atoms with van der Waals surface area (Å²) in [6.07, 6.45) is 0. The fraction of sp³-hybridized carbons (Fsp3) is 0.385. The fourth-order valence-electron chi connectivity index (χ4n) is 1.37. The fourth-order valence-corrected chi connectivity index (χ4v) is 1.37. The number of likely N-dealkylation sites (N-methyl/N-ethyl adjacent to an activating group) is 1. The van der Waals surface area contributed by atoms with Gasteiger partial charge in [-0.2, -0.15) is 0 Å². The van der Waals surface area contributed by atoms with Gasteiger partial charge < -0.3 is 10.2 Å². The van der Waals surface area contributed by atoms with Gasteiger partial charge in [0.2, 0.25) is 11.8 Å². The zero-order valence-corrected chi connectivity index (χ0v) is 11.1. The average Bonchev–Trinajstić information content (AvgIpc) is 2.37. The van der Waals surface area contributed by atoms with Crippen LogP contribution in [0.4, 0.5) is 10.1 Å². The van der Waals surface area contributed by atoms with Gasteiger partial charge in [0, 0.05) is 19.3 Å². The highest BCUT2D eigenvalue weighted by Gasteiger charge is 2.07. The molecule has 0 unspecified atom stereocenters. The Morgan fingerprint density at radius 2 is 2.05 bits per heavy atom. The molecule has 0 saturated carbocycles. The first-order valence-electron chi connectivity index (χ1n) is 6.03. The maximum atomic E-state index is 12.9. The van der Waals surface area contributed by atoms with Gasteiger partial charge in [0.05, 0.1) is 13.1 Å². The van der Waals surface area contributed by atoms with Crippen molar-refractivity contribution >= 4 is 17.5 Å². The number of carbonyl (C=O) groups excluding carboxylic acids is 2. The van der Waals surface area contributed by atoms with Crippen LogP contribution in [0.3, 0.4) is 0 Å². The van der Waals surface area contributed by atoms with Crippen LogP contribution in [-0.4, -0.2) is 43.4 Å². The monoisotopic (exact) mass is 267 g/mol. The third kappa shape index (κ3) is 5.48. The summed E-state index contributed by atoms with van der Waals surface area (Å²) in [6.45, 7) is 2.59. The third-order valence-corrected chi connectivity index (χ3v) is 2.57. The molecule has 0 spiro atoms. The van der Waals surface area contributed by atoms with Crippen molar-refractivity contribution in [3.05, 3.63) is 30.1 Å². The molecule has 0 aromatic heterocycles. The van der Waals surface area contributed by atoms with Crippen molar-refractivity contribution in [2.24, 2.45) is 0 Å². The van der Waals surface area contributed by atoms with E-state index in [9.17, 15) is 14.0 Å². The Labute approximate surface area is 111 Å². The summed E-state index contributed by atoms with van der Waals surface area (Å²) < 4.78 is 12.9. The van der Waals surface area contributed by atoms with Crippen LogP contribution < -0.4 is 10.6 Å². The highest BCUT2D eigenvalue weighted by atomic mass is 19.1. The Morgan fingerprint density at radius 1 is 1.32 bits per heavy atom. The number of nitrogens with zero attached hydrogens (tertiary/aromatic N) is 1. The Hall–Kier alpha value is -1.95. The Bertz CT molecular complexity index is 451. The molecule has 2 N–H and O–H groups in total. The van der Waals surface area contributed by atoms with Gasteiger partial charge in [-0.15, -0.1) is 0 Å². The zero-order valence-electron chi connectivity index (χ0n) is 11.1. The second-order valence-corrected chi connectivity index (χ2v) is 4.07. The van der Waals surface area contributed by atoms with Crippen LogP contribution >= 0.6 is 0 Å². The van der Waals surface area contributed by atoms with Crippen molar-refractivity contribution in [3.63, 3.8) is 0 Å². The number of amides is 2. The Balaban J connectivity index is 2.31. The summed E-state index contributed by atoms with van der Waals surface area (Å²) in [7, 11) is 1.69. The number of anilines is 1. The lowest BCUT2D eigenvalue weighted by Gasteiger charge is -2.14. The first-order valence-corrected chi connectivity index (χ1v) is 6.03. The van der Waals surface area contributed by atoms with E-state index in [4.69, 9.17) is 0 Å². The molecular formula is C13H18FN3O2. The number of benzene rings is 1. The zero-order chi connectivity index (χ0) is 14.3. The molecule has 1 aromatic carbocycles. The van der Waals surface area contributed by atoms with Crippen molar-refractivity contribution in [1.29, 1.82) is 0 Å². The number of halogens is 1. The molecule has 2 amide bonds. The molecule has 0 aliphatic carbocycles. The van der Waals surface area contributed by atoms with Gasteiger partial charge in [0.1, 0.15) is 5.82 Å². The SMILES string of the molecule is CCN(C)C(=O)CNCC(=O)Nc1cccc(F)c1. The van der Waals surface area contributed by atoms with Crippen LogP contribution in [0.5, 0.6) is 0 Å². The molecule has 1 rings (SSSR count). The topological polar surface area (TPSA) is 61.4 Å². The first kappa shape index (κ1) is 15.1. The van der Waals surface area contributed by atoms with Crippen LogP contribution in [-0.2, 0) is 9.59 Å². The molecule has 0 bridgehead atoms. The molecule has 0 atom stereocenters. The highest BCUT2D eigenvalue weighted by molar-refractivity contribution is 5.92. The van der Waals surface area contributed by atoms with Gasteiger partial charge in [-0.25, -0.2) is 4.39 Å². The van der Waals surface area contributed by atoms with Crippen LogP contribution in [0.2, 0.25) is 0 Å². The third-order valence-electron chi connectivity index (χ3n) is 2.57. The summed E-state index contributed by atoms with van der Waals surface area (Å²) in [5, 5.41) is 5.27. The minimum atomic E-state index is -0.412. The molecule has 6 heteroatoms. The normalized spacial score (nSPS) is 10.1. The second kappa shape index (κ2) is 7.48. The van der Waals surface area contributed by atoms with E-state index in [1.165, 1.54) is 18.2 Å². The molecule has 0 heterocycles. The van der Waals surface area contributed by atoms with Crippen molar-refractivity contribution in [3.8, 4) is 0 Å². The van der Waals surface area contributed by atoms with Crippen LogP contribution in [0, 0.1) is 5.82 Å². The predicted octanol–water partition coefficient (Wildman–Crippen LogP) is 0.832. The maximum absolute atomic E-state index is 12.9. The van der Waals surface area contributed by atoms with Crippen molar-refractivity contribution in [2.75, 3.05) is 32.0 Å². The molecule has 19 heavy (non-hydrogen) atoms. The molecular weight excluding hydrogens is 249 g/mol. The lowest BCUT2D eigenvalue weighted by atomic mass is 10.3. The van der Waals surface area contributed by atoms with E-state index in [2.05, 4.69) is 10.6 Å². The highest BCUT2D eigenvalue weighted by Crippen LogP contribution is 2.08. The largest absolute Gasteiger partial charge is 0.345 e. The minimum Gasteiger partial charge on any atom is -0.345 e. The summed E-state index contributed by atoms with van der Waals surface area (Å²) >= 11 is 0. The second-order valence-electron chi connectivity index (χ2n) is 4.07. The van der Waals surface area contributed by atoms with E-state index in [0.29, 0.717) is 12.2 Å². The van der Waals surface area contributed by atoms with Gasteiger partial charge in [-0.1, -0.05) is 6.07 Å². The van der Waals surface area contributed by atoms with E-state index in [1.807, 2.05) is 6.92 Å². The summed E-state index contributed by atoms with van der Waals surface area (Å²) in [6, 6.07) is 5.64. The van der Waals surface area contributed by atoms with Gasteiger partial charge in [0.25, 0.3) is 0 Å². The number of carbonyl (C=O) groups is 2. The number of hydrogen-bond acceptors (Lipinski definition) is 3. The minimum absolute atomic E-state index is 0.000191. The first-order chi connectivity index (χ1) is 9.02. The van der Waals surface area contributed by atoms with Crippen LogP contribution in [0.1, 0.15) is 6.92 Å². The van der Waals surface area contributed by atoms with E-state index in [0.717, 1.165) is 0 Å². The van der Waals surface area contributed by atoms with E-state index >= 15 is 0 Å². The Kier molecular flexibility index (Phi) is 5.95. The predicted molar refractivity (Wildman–Crippen MR) is 71.2 cm³/mol. The Morgan fingerprint density at radius 3 is 2.68 bits per heavy atom. The number of nitrogens with one attached hydrogen (secondary N) is 2. The van der Waals surface area contributed by atoms with Crippen LogP contribution in [0.15, 0.2) is 24.3 Å². The van der Waals surface area contributed by atoms with Crippen molar-refractivity contribution in [2.45, 2.75) is 6.92 Å². The van der Waals surface area contributed by atoms with Crippen molar-refractivity contribution in [1.82, 2.24) is 10.2 Å². The number of rotatable bonds is 6. The molecule has 104 valence electrons. The lowest BCUT2D eigenvalue weighted by molar-refractivity contribution is -0.128. The standard InChI is InChI=1S/C13H18FN3O2/c1-3-17(2)13(19)9-15-8-12(18)16-11-6-4-5-10(14)7-11/h4-7,15H,3,8-9H2,1-2H3,(H,16,18). The smallest absolute Gasteiger partial charge is 0.238 e. The molecule has 0 aliphatic heterocycles. The van der Waals surface area contributed by atoms with Crippen molar-refractivity contribution < 1.29 is 14.0 Å².